The van der Waals surface area contributed by atoms with Gasteiger partial charge in [0, 0.05) is 3.57 Å². The molecule has 0 unspecified atom stereocenters. The summed E-state index contributed by atoms with van der Waals surface area (Å²) in [6.45, 7) is -0.764. The predicted molar refractivity (Wildman–Crippen MR) is 104 cm³/mol. The van der Waals surface area contributed by atoms with Gasteiger partial charge in [-0.2, -0.15) is 0 Å². The summed E-state index contributed by atoms with van der Waals surface area (Å²) in [6.07, 6.45) is 1.99. The van der Waals surface area contributed by atoms with Gasteiger partial charge in [-0.1, -0.05) is 0 Å². The van der Waals surface area contributed by atoms with E-state index in [0.717, 1.165) is 3.57 Å². The summed E-state index contributed by atoms with van der Waals surface area (Å²) in [6, 6.07) is 7.91. The Hall–Kier alpha value is -2.28. The first kappa shape index (κ1) is 19.5. The highest BCUT2D eigenvalue weighted by Crippen LogP contribution is 2.26. The van der Waals surface area contributed by atoms with Gasteiger partial charge in [0.15, 0.2) is 0 Å². The molecule has 0 saturated heterocycles. The average molecular weight is 486 g/mol. The van der Waals surface area contributed by atoms with Crippen molar-refractivity contribution in [3.63, 3.8) is 0 Å². The van der Waals surface area contributed by atoms with Crippen LogP contribution in [0.25, 0.3) is 5.52 Å². The van der Waals surface area contributed by atoms with Gasteiger partial charge in [-0.05, 0) is 52.9 Å². The van der Waals surface area contributed by atoms with Crippen LogP contribution in [-0.4, -0.2) is 44.8 Å². The van der Waals surface area contributed by atoms with Crippen molar-refractivity contribution in [3.8, 4) is 0 Å². The Morgan fingerprint density at radius 3 is 2.93 bits per heavy atom. The van der Waals surface area contributed by atoms with Gasteiger partial charge >= 0.3 is 0 Å². The Labute approximate surface area is 167 Å². The summed E-state index contributed by atoms with van der Waals surface area (Å²) in [5, 5.41) is 21.0. The van der Waals surface area contributed by atoms with E-state index in [2.05, 4.69) is 15.8 Å². The number of benzene rings is 1. The standard InChI is InChI=1S/C17H16FIN4O4/c18-14-5-10(19)1-4-15(14)21-16-13(3-2-11-6-20-9-23(11)16)17(26)22-27-8-12(25)7-24/h1-6,9,12,21,24-25H,7-8H2,(H,22,26)/t12-/m1/s1. The van der Waals surface area contributed by atoms with E-state index in [1.807, 2.05) is 22.6 Å². The number of amides is 1. The predicted octanol–water partition coefficient (Wildman–Crippen LogP) is 1.84. The van der Waals surface area contributed by atoms with Crippen LogP contribution >= 0.6 is 22.6 Å². The molecule has 3 rings (SSSR count). The highest BCUT2D eigenvalue weighted by molar-refractivity contribution is 14.1. The van der Waals surface area contributed by atoms with Gasteiger partial charge in [-0.15, -0.1) is 0 Å². The summed E-state index contributed by atoms with van der Waals surface area (Å²) < 4.78 is 16.6. The lowest BCUT2D eigenvalue weighted by atomic mass is 10.2. The summed E-state index contributed by atoms with van der Waals surface area (Å²) in [5.41, 5.74) is 3.27. The Balaban J connectivity index is 1.91. The minimum Gasteiger partial charge on any atom is -0.394 e. The minimum atomic E-state index is -1.11. The van der Waals surface area contributed by atoms with Crippen LogP contribution in [0.2, 0.25) is 0 Å². The van der Waals surface area contributed by atoms with Crippen LogP contribution in [-0.2, 0) is 4.84 Å². The van der Waals surface area contributed by atoms with Crippen molar-refractivity contribution in [1.82, 2.24) is 14.9 Å². The van der Waals surface area contributed by atoms with E-state index in [1.165, 1.54) is 12.4 Å². The fourth-order valence-electron chi connectivity index (χ4n) is 2.33. The molecule has 4 N–H and O–H groups in total. The lowest BCUT2D eigenvalue weighted by Crippen LogP contribution is -2.30. The van der Waals surface area contributed by atoms with Crippen LogP contribution in [0.4, 0.5) is 15.9 Å². The zero-order valence-corrected chi connectivity index (χ0v) is 16.1. The van der Waals surface area contributed by atoms with Crippen LogP contribution in [0.3, 0.4) is 0 Å². The molecule has 0 spiro atoms. The molecule has 10 heteroatoms. The number of imidazole rings is 1. The number of anilines is 2. The first-order valence-corrected chi connectivity index (χ1v) is 8.95. The van der Waals surface area contributed by atoms with E-state index < -0.39 is 24.4 Å². The van der Waals surface area contributed by atoms with Gasteiger partial charge in [0.25, 0.3) is 5.91 Å². The van der Waals surface area contributed by atoms with Crippen LogP contribution in [0.5, 0.6) is 0 Å². The van der Waals surface area contributed by atoms with E-state index in [9.17, 15) is 14.3 Å². The van der Waals surface area contributed by atoms with Gasteiger partial charge in [0.05, 0.1) is 29.6 Å². The maximum atomic E-state index is 14.3. The molecule has 0 aliphatic heterocycles. The molecule has 0 saturated carbocycles. The molecule has 0 radical (unpaired) electrons. The molecule has 8 nitrogen and oxygen atoms in total. The number of aliphatic hydroxyl groups excluding tert-OH is 2. The maximum absolute atomic E-state index is 14.3. The number of hydroxylamine groups is 1. The molecular formula is C17H16FIN4O4. The van der Waals surface area contributed by atoms with Gasteiger partial charge in [0.1, 0.15) is 30.7 Å². The fraction of sp³-hybridized carbons (Fsp3) is 0.176. The van der Waals surface area contributed by atoms with Crippen LogP contribution in [0, 0.1) is 9.39 Å². The average Bonchev–Trinajstić information content (AvgIpc) is 3.12. The lowest BCUT2D eigenvalue weighted by Gasteiger charge is -2.15. The van der Waals surface area contributed by atoms with E-state index in [4.69, 9.17) is 9.94 Å². The number of carbonyl (C=O) groups is 1. The zero-order chi connectivity index (χ0) is 19.4. The number of carbonyl (C=O) groups excluding carboxylic acids is 1. The molecule has 2 heterocycles. The molecule has 3 aromatic rings. The van der Waals surface area contributed by atoms with Crippen LogP contribution < -0.4 is 10.8 Å². The topological polar surface area (TPSA) is 108 Å². The molecule has 0 aliphatic rings. The highest BCUT2D eigenvalue weighted by Gasteiger charge is 2.17. The molecule has 2 aromatic heterocycles. The number of aromatic nitrogens is 2. The first-order valence-electron chi connectivity index (χ1n) is 7.88. The van der Waals surface area contributed by atoms with Crippen LogP contribution in [0.15, 0.2) is 42.9 Å². The largest absolute Gasteiger partial charge is 0.394 e. The fourth-order valence-corrected chi connectivity index (χ4v) is 2.79. The Morgan fingerprint density at radius 1 is 1.37 bits per heavy atom. The van der Waals surface area contributed by atoms with E-state index in [0.29, 0.717) is 11.3 Å². The smallest absolute Gasteiger partial charge is 0.278 e. The summed E-state index contributed by atoms with van der Waals surface area (Å²) in [7, 11) is 0. The normalized spacial score (nSPS) is 12.1. The molecule has 1 amide bonds. The van der Waals surface area contributed by atoms with Gasteiger partial charge in [-0.3, -0.25) is 14.0 Å². The van der Waals surface area contributed by atoms with Crippen molar-refractivity contribution >= 4 is 45.5 Å². The molecule has 142 valence electrons. The van der Waals surface area contributed by atoms with E-state index >= 15 is 0 Å². The molecule has 0 fully saturated rings. The van der Waals surface area contributed by atoms with Crippen molar-refractivity contribution < 1.29 is 24.2 Å². The first-order chi connectivity index (χ1) is 13.0. The highest BCUT2D eigenvalue weighted by atomic mass is 127. The third-order valence-electron chi connectivity index (χ3n) is 3.66. The van der Waals surface area contributed by atoms with Gasteiger partial charge in [0.2, 0.25) is 0 Å². The number of fused-ring (bicyclic) bond motifs is 1. The second kappa shape index (κ2) is 8.61. The summed E-state index contributed by atoms with van der Waals surface area (Å²) in [4.78, 5) is 21.4. The third-order valence-corrected chi connectivity index (χ3v) is 4.34. The molecular weight excluding hydrogens is 470 g/mol. The summed E-state index contributed by atoms with van der Waals surface area (Å²) >= 11 is 2.01. The SMILES string of the molecule is O=C(NOC[C@H](O)CO)c1ccc2cncn2c1Nc1ccc(I)cc1F. The molecule has 1 aromatic carbocycles. The second-order valence-corrected chi connectivity index (χ2v) is 6.86. The Morgan fingerprint density at radius 2 is 2.19 bits per heavy atom. The lowest BCUT2D eigenvalue weighted by molar-refractivity contribution is -0.0295. The number of nitrogens with one attached hydrogen (secondary N) is 2. The zero-order valence-electron chi connectivity index (χ0n) is 13.9. The molecule has 0 bridgehead atoms. The third kappa shape index (κ3) is 4.53. The van der Waals surface area contributed by atoms with Crippen molar-refractivity contribution in [1.29, 1.82) is 0 Å². The number of pyridine rings is 1. The van der Waals surface area contributed by atoms with E-state index in [1.54, 1.807) is 34.9 Å². The number of halogens is 2. The Bertz CT molecular complexity index is 965. The van der Waals surface area contributed by atoms with Gasteiger partial charge in [-0.25, -0.2) is 14.9 Å². The maximum Gasteiger partial charge on any atom is 0.278 e. The van der Waals surface area contributed by atoms with Gasteiger partial charge < -0.3 is 15.5 Å². The molecule has 1 atom stereocenters. The quantitative estimate of drug-likeness (QED) is 0.300. The number of hydrogen-bond donors (Lipinski definition) is 4. The number of aliphatic hydroxyl groups is 2. The number of nitrogens with zero attached hydrogens (tertiary/aromatic N) is 2. The minimum absolute atomic E-state index is 0.178. The van der Waals surface area contributed by atoms with Crippen molar-refractivity contribution in [3.05, 3.63) is 57.8 Å². The molecule has 0 aliphatic carbocycles. The monoisotopic (exact) mass is 486 g/mol. The van der Waals surface area contributed by atoms with Crippen molar-refractivity contribution in [2.24, 2.45) is 0 Å². The van der Waals surface area contributed by atoms with Crippen LogP contribution in [0.1, 0.15) is 10.4 Å². The van der Waals surface area contributed by atoms with E-state index in [-0.39, 0.29) is 17.9 Å². The number of hydrogen-bond acceptors (Lipinski definition) is 6. The molecule has 27 heavy (non-hydrogen) atoms. The van der Waals surface area contributed by atoms with Crippen molar-refractivity contribution in [2.45, 2.75) is 6.10 Å². The number of rotatable bonds is 7. The second-order valence-electron chi connectivity index (χ2n) is 5.61. The van der Waals surface area contributed by atoms with Crippen molar-refractivity contribution in [2.75, 3.05) is 18.5 Å². The Kier molecular flexibility index (Phi) is 6.21. The summed E-state index contributed by atoms with van der Waals surface area (Å²) in [5.74, 6) is -0.772.